The van der Waals surface area contributed by atoms with Crippen LogP contribution in [0.5, 0.6) is 0 Å². The highest BCUT2D eigenvalue weighted by atomic mass is 16.2. The summed E-state index contributed by atoms with van der Waals surface area (Å²) in [6, 6.07) is 3.63. The molecule has 102 valence electrons. The fourth-order valence-corrected chi connectivity index (χ4v) is 2.30. The van der Waals surface area contributed by atoms with E-state index < -0.39 is 11.8 Å². The first-order chi connectivity index (χ1) is 9.08. The van der Waals surface area contributed by atoms with Crippen molar-refractivity contribution in [1.29, 1.82) is 0 Å². The number of piperidine rings is 1. The van der Waals surface area contributed by atoms with Gasteiger partial charge in [-0.3, -0.25) is 9.59 Å². The van der Waals surface area contributed by atoms with Crippen LogP contribution in [0.3, 0.4) is 0 Å². The second-order valence-electron chi connectivity index (χ2n) is 5.12. The minimum absolute atomic E-state index is 0.450. The molecule has 1 atom stereocenters. The van der Waals surface area contributed by atoms with Crippen molar-refractivity contribution in [3.63, 3.8) is 0 Å². The second-order valence-corrected chi connectivity index (χ2v) is 5.12. The molecule has 0 aromatic carbocycles. The fraction of sp³-hybridized carbons (Fsp3) is 0.500. The number of carbonyl (C=O) groups is 2. The van der Waals surface area contributed by atoms with E-state index in [-0.39, 0.29) is 0 Å². The molecule has 2 rings (SSSR count). The van der Waals surface area contributed by atoms with Crippen molar-refractivity contribution in [2.45, 2.75) is 26.7 Å². The Bertz CT molecular complexity index is 487. The number of nitrogens with zero attached hydrogens (tertiary/aromatic N) is 2. The Morgan fingerprint density at radius 2 is 2.26 bits per heavy atom. The molecule has 1 aliphatic heterocycles. The average Bonchev–Trinajstić information content (AvgIpc) is 2.40. The van der Waals surface area contributed by atoms with Crippen molar-refractivity contribution >= 4 is 17.6 Å². The third-order valence-corrected chi connectivity index (χ3v) is 3.38. The summed E-state index contributed by atoms with van der Waals surface area (Å²) in [5, 5.41) is 2.58. The van der Waals surface area contributed by atoms with E-state index in [9.17, 15) is 9.59 Å². The fourth-order valence-electron chi connectivity index (χ4n) is 2.30. The van der Waals surface area contributed by atoms with Gasteiger partial charge in [0, 0.05) is 19.3 Å². The van der Waals surface area contributed by atoms with Crippen molar-refractivity contribution in [2.24, 2.45) is 5.92 Å². The monoisotopic (exact) mass is 261 g/mol. The van der Waals surface area contributed by atoms with E-state index >= 15 is 0 Å². The van der Waals surface area contributed by atoms with Crippen LogP contribution in [0.15, 0.2) is 18.3 Å². The molecule has 0 aliphatic carbocycles. The first kappa shape index (κ1) is 13.5. The van der Waals surface area contributed by atoms with Crippen molar-refractivity contribution < 1.29 is 9.59 Å². The van der Waals surface area contributed by atoms with Gasteiger partial charge in [-0.15, -0.1) is 0 Å². The van der Waals surface area contributed by atoms with Crippen molar-refractivity contribution in [1.82, 2.24) is 9.88 Å². The number of hydrogen-bond donors (Lipinski definition) is 1. The third kappa shape index (κ3) is 3.30. The Morgan fingerprint density at radius 3 is 2.95 bits per heavy atom. The molecule has 5 nitrogen and oxygen atoms in total. The highest BCUT2D eigenvalue weighted by Crippen LogP contribution is 2.16. The molecule has 0 bridgehead atoms. The number of nitrogens with one attached hydrogen (secondary N) is 1. The van der Waals surface area contributed by atoms with Crippen molar-refractivity contribution in [3.05, 3.63) is 23.9 Å². The average molecular weight is 261 g/mol. The molecule has 0 spiro atoms. The largest absolute Gasteiger partial charge is 0.334 e. The maximum Gasteiger partial charge on any atom is 0.315 e. The standard InChI is InChI=1S/C14H19N3O2/c1-10-5-4-8-17(9-10)14(19)13(18)16-12-11(2)6-3-7-15-12/h3,6-7,10H,4-5,8-9H2,1-2H3,(H,15,16,18). The van der Waals surface area contributed by atoms with E-state index in [2.05, 4.69) is 17.2 Å². The number of pyridine rings is 1. The van der Waals surface area contributed by atoms with Gasteiger partial charge in [0.1, 0.15) is 5.82 Å². The van der Waals surface area contributed by atoms with Crippen LogP contribution in [0.4, 0.5) is 5.82 Å². The van der Waals surface area contributed by atoms with Crippen molar-refractivity contribution in [3.8, 4) is 0 Å². The zero-order chi connectivity index (χ0) is 13.8. The van der Waals surface area contributed by atoms with Gasteiger partial charge in [-0.1, -0.05) is 13.0 Å². The van der Waals surface area contributed by atoms with E-state index in [1.165, 1.54) is 0 Å². The normalized spacial score (nSPS) is 19.1. The number of carbonyl (C=O) groups excluding carboxylic acids is 2. The van der Waals surface area contributed by atoms with Crippen LogP contribution in [0.1, 0.15) is 25.3 Å². The SMILES string of the molecule is Cc1cccnc1NC(=O)C(=O)N1CCCC(C)C1. The Hall–Kier alpha value is -1.91. The number of amides is 2. The maximum absolute atomic E-state index is 12.0. The van der Waals surface area contributed by atoms with E-state index in [0.717, 1.165) is 18.4 Å². The number of hydrogen-bond acceptors (Lipinski definition) is 3. The molecule has 1 aliphatic rings. The van der Waals surface area contributed by atoms with Crippen LogP contribution < -0.4 is 5.32 Å². The van der Waals surface area contributed by atoms with Crippen LogP contribution in [-0.2, 0) is 9.59 Å². The lowest BCUT2D eigenvalue weighted by molar-refractivity contribution is -0.144. The number of rotatable bonds is 1. The van der Waals surface area contributed by atoms with E-state index in [4.69, 9.17) is 0 Å². The van der Waals surface area contributed by atoms with Crippen molar-refractivity contribution in [2.75, 3.05) is 18.4 Å². The Kier molecular flexibility index (Phi) is 4.14. The predicted octanol–water partition coefficient (Wildman–Crippen LogP) is 1.59. The van der Waals surface area contributed by atoms with Crippen LogP contribution in [0.2, 0.25) is 0 Å². The highest BCUT2D eigenvalue weighted by molar-refractivity contribution is 6.39. The van der Waals surface area contributed by atoms with Gasteiger partial charge in [-0.25, -0.2) is 4.98 Å². The molecular weight excluding hydrogens is 242 g/mol. The number of likely N-dealkylation sites (tertiary alicyclic amines) is 1. The molecule has 2 heterocycles. The van der Waals surface area contributed by atoms with Gasteiger partial charge in [-0.2, -0.15) is 0 Å². The van der Waals surface area contributed by atoms with Gasteiger partial charge in [0.15, 0.2) is 0 Å². The minimum atomic E-state index is -0.601. The van der Waals surface area contributed by atoms with Crippen LogP contribution in [0, 0.1) is 12.8 Å². The molecule has 2 amide bonds. The van der Waals surface area contributed by atoms with Crippen LogP contribution >= 0.6 is 0 Å². The summed E-state index contributed by atoms with van der Waals surface area (Å²) in [6.07, 6.45) is 3.67. The Balaban J connectivity index is 2.00. The minimum Gasteiger partial charge on any atom is -0.334 e. The summed E-state index contributed by atoms with van der Waals surface area (Å²) in [5.41, 5.74) is 0.843. The van der Waals surface area contributed by atoms with Gasteiger partial charge >= 0.3 is 11.8 Å². The lowest BCUT2D eigenvalue weighted by Gasteiger charge is -2.30. The predicted molar refractivity (Wildman–Crippen MR) is 72.6 cm³/mol. The molecule has 19 heavy (non-hydrogen) atoms. The third-order valence-electron chi connectivity index (χ3n) is 3.38. The van der Waals surface area contributed by atoms with E-state index in [0.29, 0.717) is 24.8 Å². The van der Waals surface area contributed by atoms with Gasteiger partial charge in [-0.05, 0) is 37.3 Å². The summed E-state index contributed by atoms with van der Waals surface area (Å²) in [6.45, 7) is 5.27. The molecule has 5 heteroatoms. The molecular formula is C14H19N3O2. The summed E-state index contributed by atoms with van der Waals surface area (Å²) >= 11 is 0. The first-order valence-corrected chi connectivity index (χ1v) is 6.60. The summed E-state index contributed by atoms with van der Waals surface area (Å²) in [4.78, 5) is 29.7. The highest BCUT2D eigenvalue weighted by Gasteiger charge is 2.26. The molecule has 0 saturated carbocycles. The van der Waals surface area contributed by atoms with Gasteiger partial charge in [0.05, 0.1) is 0 Å². The molecule has 1 N–H and O–H groups in total. The zero-order valence-corrected chi connectivity index (χ0v) is 11.3. The summed E-state index contributed by atoms with van der Waals surface area (Å²) < 4.78 is 0. The van der Waals surface area contributed by atoms with Gasteiger partial charge < -0.3 is 10.2 Å². The lowest BCUT2D eigenvalue weighted by Crippen LogP contribution is -2.44. The molecule has 0 radical (unpaired) electrons. The van der Waals surface area contributed by atoms with Crippen LogP contribution in [-0.4, -0.2) is 34.8 Å². The topological polar surface area (TPSA) is 62.3 Å². The van der Waals surface area contributed by atoms with E-state index in [1.54, 1.807) is 17.2 Å². The molecule has 1 saturated heterocycles. The maximum atomic E-state index is 12.0. The number of aryl methyl sites for hydroxylation is 1. The zero-order valence-electron chi connectivity index (χ0n) is 11.3. The molecule has 1 aromatic rings. The summed E-state index contributed by atoms with van der Waals surface area (Å²) in [7, 11) is 0. The molecule has 1 unspecified atom stereocenters. The smallest absolute Gasteiger partial charge is 0.315 e. The lowest BCUT2D eigenvalue weighted by atomic mass is 10.0. The van der Waals surface area contributed by atoms with Gasteiger partial charge in [0.25, 0.3) is 0 Å². The first-order valence-electron chi connectivity index (χ1n) is 6.60. The Morgan fingerprint density at radius 1 is 1.47 bits per heavy atom. The number of anilines is 1. The van der Waals surface area contributed by atoms with Gasteiger partial charge in [0.2, 0.25) is 0 Å². The van der Waals surface area contributed by atoms with Crippen LogP contribution in [0.25, 0.3) is 0 Å². The Labute approximate surface area is 113 Å². The van der Waals surface area contributed by atoms with E-state index in [1.807, 2.05) is 13.0 Å². The second kappa shape index (κ2) is 5.82. The molecule has 1 fully saturated rings. The summed E-state index contributed by atoms with van der Waals surface area (Å²) in [5.74, 6) is -0.152. The number of aromatic nitrogens is 1. The molecule has 1 aromatic heterocycles. The quantitative estimate of drug-likeness (QED) is 0.781.